The number of benzene rings is 1. The van der Waals surface area contributed by atoms with Crippen LogP contribution in [-0.4, -0.2) is 42.2 Å². The van der Waals surface area contributed by atoms with Crippen LogP contribution in [0.4, 0.5) is 23.4 Å². The molecule has 0 saturated carbocycles. The highest BCUT2D eigenvalue weighted by molar-refractivity contribution is 5.41. The fourth-order valence-corrected chi connectivity index (χ4v) is 3.59. The number of nitrogens with zero attached hydrogens (tertiary/aromatic N) is 2. The minimum Gasteiger partial charge on any atom is -0.491 e. The van der Waals surface area contributed by atoms with Crippen molar-refractivity contribution in [2.45, 2.75) is 45.5 Å². The molecule has 170 valence electrons. The number of hydrogen-bond acceptors (Lipinski definition) is 5. The van der Waals surface area contributed by atoms with Gasteiger partial charge in [0.05, 0.1) is 18.8 Å². The van der Waals surface area contributed by atoms with Crippen molar-refractivity contribution >= 4 is 5.82 Å². The topological polar surface area (TPSA) is 46.6 Å². The van der Waals surface area contributed by atoms with Crippen LogP contribution >= 0.6 is 0 Å². The molecule has 1 saturated heterocycles. The number of piperidine rings is 1. The summed E-state index contributed by atoms with van der Waals surface area (Å²) in [7, 11) is 0. The molecule has 2 heterocycles. The summed E-state index contributed by atoms with van der Waals surface area (Å²) in [5.41, 5.74) is 0.147. The van der Waals surface area contributed by atoms with E-state index in [0.29, 0.717) is 25.6 Å². The minimum atomic E-state index is -4.39. The SMILES string of the molecule is CCOc1cc(CN2CCC(Nc3ccc(C(F)(F)F)cn3)CC2)cc(OCC)c1F. The second kappa shape index (κ2) is 10.2. The minimum absolute atomic E-state index is 0.131. The van der Waals surface area contributed by atoms with Gasteiger partial charge in [0.1, 0.15) is 5.82 Å². The Morgan fingerprint density at radius 2 is 1.68 bits per heavy atom. The second-order valence-corrected chi connectivity index (χ2v) is 7.40. The van der Waals surface area contributed by atoms with Gasteiger partial charge in [0.15, 0.2) is 11.5 Å². The first-order valence-electron chi connectivity index (χ1n) is 10.4. The van der Waals surface area contributed by atoms with E-state index in [2.05, 4.69) is 15.2 Å². The molecule has 1 N–H and O–H groups in total. The monoisotopic (exact) mass is 441 g/mol. The zero-order valence-corrected chi connectivity index (χ0v) is 17.6. The standard InChI is InChI=1S/C22H27F4N3O2/c1-3-30-18-11-15(12-19(21(18)23)31-4-2)14-29-9-7-17(8-10-29)28-20-6-5-16(13-27-20)22(24,25)26/h5-6,11-13,17H,3-4,7-10,14H2,1-2H3,(H,27,28). The van der Waals surface area contributed by atoms with Crippen LogP contribution < -0.4 is 14.8 Å². The van der Waals surface area contributed by atoms with E-state index in [0.717, 1.165) is 43.8 Å². The number of halogens is 4. The number of likely N-dealkylation sites (tertiary alicyclic amines) is 1. The van der Waals surface area contributed by atoms with Crippen LogP contribution in [0.15, 0.2) is 30.5 Å². The Kier molecular flexibility index (Phi) is 7.59. The van der Waals surface area contributed by atoms with Gasteiger partial charge in [0.25, 0.3) is 0 Å². The number of hydrogen-bond donors (Lipinski definition) is 1. The van der Waals surface area contributed by atoms with Crippen molar-refractivity contribution in [1.29, 1.82) is 0 Å². The average Bonchev–Trinajstić information content (AvgIpc) is 2.73. The Balaban J connectivity index is 1.56. The third-order valence-electron chi connectivity index (χ3n) is 5.10. The van der Waals surface area contributed by atoms with Crippen LogP contribution in [0.1, 0.15) is 37.8 Å². The van der Waals surface area contributed by atoms with E-state index in [1.807, 2.05) is 0 Å². The molecule has 1 aliphatic rings. The van der Waals surface area contributed by atoms with E-state index in [-0.39, 0.29) is 17.5 Å². The first-order valence-corrected chi connectivity index (χ1v) is 10.4. The molecule has 3 rings (SSSR count). The van der Waals surface area contributed by atoms with Crippen molar-refractivity contribution in [2.24, 2.45) is 0 Å². The van der Waals surface area contributed by atoms with E-state index in [9.17, 15) is 17.6 Å². The Bertz CT molecular complexity index is 824. The van der Waals surface area contributed by atoms with E-state index in [4.69, 9.17) is 9.47 Å². The molecule has 1 fully saturated rings. The van der Waals surface area contributed by atoms with Gasteiger partial charge < -0.3 is 14.8 Å². The molecule has 31 heavy (non-hydrogen) atoms. The third-order valence-corrected chi connectivity index (χ3v) is 5.10. The Labute approximate surface area is 179 Å². The molecule has 0 unspecified atom stereocenters. The summed E-state index contributed by atoms with van der Waals surface area (Å²) >= 11 is 0. The van der Waals surface area contributed by atoms with Crippen LogP contribution in [0.5, 0.6) is 11.5 Å². The third kappa shape index (κ3) is 6.22. The lowest BCUT2D eigenvalue weighted by Crippen LogP contribution is -2.38. The fraction of sp³-hybridized carbons (Fsp3) is 0.500. The number of pyridine rings is 1. The van der Waals surface area contributed by atoms with Crippen molar-refractivity contribution in [3.63, 3.8) is 0 Å². The maximum atomic E-state index is 14.4. The lowest BCUT2D eigenvalue weighted by atomic mass is 10.0. The molecule has 0 bridgehead atoms. The van der Waals surface area contributed by atoms with Gasteiger partial charge in [-0.3, -0.25) is 4.90 Å². The van der Waals surface area contributed by atoms with Gasteiger partial charge in [-0.05, 0) is 56.5 Å². The van der Waals surface area contributed by atoms with Crippen molar-refractivity contribution in [1.82, 2.24) is 9.88 Å². The van der Waals surface area contributed by atoms with Crippen molar-refractivity contribution in [3.8, 4) is 11.5 Å². The first-order chi connectivity index (χ1) is 14.8. The van der Waals surface area contributed by atoms with Gasteiger partial charge in [-0.2, -0.15) is 17.6 Å². The highest BCUT2D eigenvalue weighted by Gasteiger charge is 2.30. The Hall–Kier alpha value is -2.55. The summed E-state index contributed by atoms with van der Waals surface area (Å²) in [5.74, 6) is 0.328. The van der Waals surface area contributed by atoms with Gasteiger partial charge in [-0.15, -0.1) is 0 Å². The molecule has 9 heteroatoms. The molecule has 1 aliphatic heterocycles. The maximum absolute atomic E-state index is 14.4. The van der Waals surface area contributed by atoms with E-state index in [1.54, 1.807) is 26.0 Å². The van der Waals surface area contributed by atoms with Gasteiger partial charge in [-0.25, -0.2) is 4.98 Å². The van der Waals surface area contributed by atoms with Gasteiger partial charge in [0.2, 0.25) is 5.82 Å². The zero-order valence-electron chi connectivity index (χ0n) is 17.6. The van der Waals surface area contributed by atoms with Gasteiger partial charge >= 0.3 is 6.18 Å². The summed E-state index contributed by atoms with van der Waals surface area (Å²) in [6.07, 6.45) is -1.90. The Morgan fingerprint density at radius 1 is 1.06 bits per heavy atom. The number of rotatable bonds is 8. The van der Waals surface area contributed by atoms with Crippen LogP contribution in [0.2, 0.25) is 0 Å². The summed E-state index contributed by atoms with van der Waals surface area (Å²) < 4.78 is 63.2. The van der Waals surface area contributed by atoms with Crippen molar-refractivity contribution < 1.29 is 27.0 Å². The summed E-state index contributed by atoms with van der Waals surface area (Å²) in [6.45, 7) is 6.55. The normalized spacial score (nSPS) is 15.7. The fourth-order valence-electron chi connectivity index (χ4n) is 3.59. The molecule has 5 nitrogen and oxygen atoms in total. The number of aromatic nitrogens is 1. The van der Waals surface area contributed by atoms with E-state index < -0.39 is 17.6 Å². The average molecular weight is 441 g/mol. The lowest BCUT2D eigenvalue weighted by Gasteiger charge is -2.32. The molecule has 0 spiro atoms. The first kappa shape index (κ1) is 23.1. The molecule has 1 aromatic heterocycles. The quantitative estimate of drug-likeness (QED) is 0.577. The predicted octanol–water partition coefficient (Wildman–Crippen LogP) is 5.11. The van der Waals surface area contributed by atoms with Crippen LogP contribution in [0.25, 0.3) is 0 Å². The van der Waals surface area contributed by atoms with Crippen LogP contribution in [0, 0.1) is 5.82 Å². The molecular formula is C22H27F4N3O2. The van der Waals surface area contributed by atoms with Gasteiger partial charge in [0, 0.05) is 31.9 Å². The maximum Gasteiger partial charge on any atom is 0.417 e. The van der Waals surface area contributed by atoms with Crippen LogP contribution in [-0.2, 0) is 12.7 Å². The van der Waals surface area contributed by atoms with Crippen LogP contribution in [0.3, 0.4) is 0 Å². The largest absolute Gasteiger partial charge is 0.491 e. The summed E-state index contributed by atoms with van der Waals surface area (Å²) in [6, 6.07) is 5.94. The summed E-state index contributed by atoms with van der Waals surface area (Å²) in [5, 5.41) is 3.21. The molecular weight excluding hydrogens is 414 g/mol. The second-order valence-electron chi connectivity index (χ2n) is 7.40. The highest BCUT2D eigenvalue weighted by Crippen LogP contribution is 2.31. The summed E-state index contributed by atoms with van der Waals surface area (Å²) in [4.78, 5) is 6.13. The lowest BCUT2D eigenvalue weighted by molar-refractivity contribution is -0.137. The van der Waals surface area contributed by atoms with Gasteiger partial charge in [-0.1, -0.05) is 0 Å². The predicted molar refractivity (Wildman–Crippen MR) is 110 cm³/mol. The number of alkyl halides is 3. The highest BCUT2D eigenvalue weighted by atomic mass is 19.4. The van der Waals surface area contributed by atoms with E-state index in [1.165, 1.54) is 6.07 Å². The Morgan fingerprint density at radius 3 is 2.16 bits per heavy atom. The zero-order chi connectivity index (χ0) is 22.4. The molecule has 1 aromatic carbocycles. The molecule has 0 atom stereocenters. The number of nitrogens with one attached hydrogen (secondary N) is 1. The number of anilines is 1. The molecule has 0 radical (unpaired) electrons. The molecule has 0 amide bonds. The van der Waals surface area contributed by atoms with Crippen molar-refractivity contribution in [3.05, 3.63) is 47.4 Å². The smallest absolute Gasteiger partial charge is 0.417 e. The van der Waals surface area contributed by atoms with E-state index >= 15 is 0 Å². The molecule has 0 aliphatic carbocycles. The molecule has 2 aromatic rings. The number of ether oxygens (including phenoxy) is 2. The van der Waals surface area contributed by atoms with Crippen molar-refractivity contribution in [2.75, 3.05) is 31.6 Å².